The van der Waals surface area contributed by atoms with Crippen molar-refractivity contribution >= 4 is 17.6 Å². The molecular formula is C13H15FN2O5. The number of amides is 1. The third-order valence-corrected chi connectivity index (χ3v) is 3.35. The van der Waals surface area contributed by atoms with Crippen molar-refractivity contribution < 1.29 is 24.0 Å². The van der Waals surface area contributed by atoms with Crippen LogP contribution < -0.4 is 0 Å². The zero-order chi connectivity index (χ0) is 16.5. The number of non-ortho nitro benzene ring substituents is 1. The molecule has 0 saturated carbocycles. The van der Waals surface area contributed by atoms with Gasteiger partial charge in [-0.15, -0.1) is 0 Å². The molecule has 0 atom stereocenters. The van der Waals surface area contributed by atoms with Crippen molar-refractivity contribution in [3.63, 3.8) is 0 Å². The molecule has 0 bridgehead atoms. The number of aliphatic carboxylic acids is 1. The summed E-state index contributed by atoms with van der Waals surface area (Å²) in [6.07, 6.45) is 0. The zero-order valence-electron chi connectivity index (χ0n) is 12.0. The highest BCUT2D eigenvalue weighted by atomic mass is 19.1. The minimum absolute atomic E-state index is 0.0610. The number of likely N-dealkylation sites (N-methyl/N-ethyl adjacent to an activating group) is 1. The van der Waals surface area contributed by atoms with Gasteiger partial charge in [-0.05, 0) is 26.3 Å². The van der Waals surface area contributed by atoms with Gasteiger partial charge in [-0.3, -0.25) is 14.9 Å². The lowest BCUT2D eigenvalue weighted by Crippen LogP contribution is -2.51. The van der Waals surface area contributed by atoms with Crippen LogP contribution in [0.3, 0.4) is 0 Å². The van der Waals surface area contributed by atoms with Gasteiger partial charge in [0.05, 0.1) is 10.5 Å². The zero-order valence-corrected chi connectivity index (χ0v) is 12.0. The first-order chi connectivity index (χ1) is 9.50. The number of hydrogen-bond donors (Lipinski definition) is 1. The Morgan fingerprint density at radius 2 is 1.90 bits per heavy atom. The lowest BCUT2D eigenvalue weighted by molar-refractivity contribution is -0.385. The molecule has 21 heavy (non-hydrogen) atoms. The van der Waals surface area contributed by atoms with Gasteiger partial charge in [0.15, 0.2) is 0 Å². The highest BCUT2D eigenvalue weighted by Crippen LogP contribution is 2.24. The van der Waals surface area contributed by atoms with Gasteiger partial charge in [-0.25, -0.2) is 9.18 Å². The number of nitrogens with zero attached hydrogens (tertiary/aromatic N) is 2. The Balaban J connectivity index is 3.37. The maximum Gasteiger partial charge on any atom is 0.329 e. The summed E-state index contributed by atoms with van der Waals surface area (Å²) >= 11 is 0. The number of carboxylic acids is 1. The van der Waals surface area contributed by atoms with Crippen LogP contribution in [-0.2, 0) is 4.79 Å². The first-order valence-corrected chi connectivity index (χ1v) is 5.96. The SMILES string of the molecule is Cc1cc([N+](=O)[O-])cc(C(=O)N(C)C(C)(C)C(=O)O)c1F. The monoisotopic (exact) mass is 298 g/mol. The number of nitro groups is 1. The van der Waals surface area contributed by atoms with Crippen LogP contribution in [-0.4, -0.2) is 39.4 Å². The molecule has 8 heteroatoms. The third-order valence-electron chi connectivity index (χ3n) is 3.35. The molecule has 0 aliphatic rings. The topological polar surface area (TPSA) is 101 Å². The second-order valence-electron chi connectivity index (χ2n) is 5.11. The highest BCUT2D eigenvalue weighted by Gasteiger charge is 2.37. The van der Waals surface area contributed by atoms with E-state index in [1.165, 1.54) is 27.8 Å². The number of hydrogen-bond acceptors (Lipinski definition) is 4. The fraction of sp³-hybridized carbons (Fsp3) is 0.385. The average molecular weight is 298 g/mol. The molecule has 0 saturated heterocycles. The molecule has 0 radical (unpaired) electrons. The molecule has 0 aliphatic carbocycles. The van der Waals surface area contributed by atoms with Gasteiger partial charge >= 0.3 is 5.97 Å². The van der Waals surface area contributed by atoms with Crippen molar-refractivity contribution in [3.8, 4) is 0 Å². The van der Waals surface area contributed by atoms with Gasteiger partial charge in [0.2, 0.25) is 0 Å². The fourth-order valence-electron chi connectivity index (χ4n) is 1.59. The molecule has 0 aromatic heterocycles. The van der Waals surface area contributed by atoms with Crippen LogP contribution in [0.4, 0.5) is 10.1 Å². The smallest absolute Gasteiger partial charge is 0.329 e. The van der Waals surface area contributed by atoms with Crippen LogP contribution in [0, 0.1) is 22.9 Å². The fourth-order valence-corrected chi connectivity index (χ4v) is 1.59. The Morgan fingerprint density at radius 3 is 2.33 bits per heavy atom. The number of benzene rings is 1. The Hall–Kier alpha value is -2.51. The number of carbonyl (C=O) groups is 2. The molecule has 1 aromatic rings. The molecule has 1 rings (SSSR count). The lowest BCUT2D eigenvalue weighted by Gasteiger charge is -2.31. The summed E-state index contributed by atoms with van der Waals surface area (Å²) in [5, 5.41) is 19.9. The number of carboxylic acid groups (broad SMARTS) is 1. The van der Waals surface area contributed by atoms with E-state index in [4.69, 9.17) is 5.11 Å². The quantitative estimate of drug-likeness (QED) is 0.676. The van der Waals surface area contributed by atoms with Crippen molar-refractivity contribution in [1.82, 2.24) is 4.90 Å². The van der Waals surface area contributed by atoms with Crippen molar-refractivity contribution in [2.24, 2.45) is 0 Å². The van der Waals surface area contributed by atoms with E-state index in [0.29, 0.717) is 0 Å². The molecule has 0 unspecified atom stereocenters. The first kappa shape index (κ1) is 16.5. The number of carbonyl (C=O) groups excluding carboxylic acids is 1. The number of nitro benzene ring substituents is 1. The van der Waals surface area contributed by atoms with Crippen LogP contribution in [0.25, 0.3) is 0 Å². The highest BCUT2D eigenvalue weighted by molar-refractivity contribution is 5.98. The minimum atomic E-state index is -1.58. The molecule has 0 heterocycles. The largest absolute Gasteiger partial charge is 0.480 e. The first-order valence-electron chi connectivity index (χ1n) is 5.96. The number of halogens is 1. The maximum atomic E-state index is 14.0. The summed E-state index contributed by atoms with van der Waals surface area (Å²) in [5.74, 6) is -3.12. The molecular weight excluding hydrogens is 283 g/mol. The van der Waals surface area contributed by atoms with E-state index in [2.05, 4.69) is 0 Å². The summed E-state index contributed by atoms with van der Waals surface area (Å²) in [7, 11) is 1.20. The standard InChI is InChI=1S/C13H15FN2O5/c1-7-5-8(16(20)21)6-9(10(7)14)11(17)15(4)13(2,3)12(18)19/h5-6H,1-4H3,(H,18,19). The van der Waals surface area contributed by atoms with E-state index < -0.39 is 39.4 Å². The lowest BCUT2D eigenvalue weighted by atomic mass is 10.0. The molecule has 114 valence electrons. The summed E-state index contributed by atoms with van der Waals surface area (Å²) in [5.41, 5.74) is -2.60. The summed E-state index contributed by atoms with van der Waals surface area (Å²) in [6.45, 7) is 3.84. The Bertz CT molecular complexity index is 627. The molecule has 0 aliphatic heterocycles. The average Bonchev–Trinajstić information content (AvgIpc) is 2.39. The molecule has 1 N–H and O–H groups in total. The van der Waals surface area contributed by atoms with E-state index in [0.717, 1.165) is 17.0 Å². The van der Waals surface area contributed by atoms with Gasteiger partial charge in [0.25, 0.3) is 11.6 Å². The van der Waals surface area contributed by atoms with Crippen molar-refractivity contribution in [2.45, 2.75) is 26.3 Å². The third kappa shape index (κ3) is 2.99. The molecule has 7 nitrogen and oxygen atoms in total. The van der Waals surface area contributed by atoms with Crippen molar-refractivity contribution in [1.29, 1.82) is 0 Å². The van der Waals surface area contributed by atoms with Crippen LogP contribution >= 0.6 is 0 Å². The summed E-state index contributed by atoms with van der Waals surface area (Å²) < 4.78 is 14.0. The van der Waals surface area contributed by atoms with Gasteiger partial charge in [0.1, 0.15) is 11.4 Å². The van der Waals surface area contributed by atoms with E-state index in [1.807, 2.05) is 0 Å². The van der Waals surface area contributed by atoms with Gasteiger partial charge in [-0.1, -0.05) is 0 Å². The second kappa shape index (κ2) is 5.47. The van der Waals surface area contributed by atoms with Crippen LogP contribution in [0.1, 0.15) is 29.8 Å². The molecule has 0 spiro atoms. The predicted molar refractivity (Wildman–Crippen MR) is 71.6 cm³/mol. The number of rotatable bonds is 4. The predicted octanol–water partition coefficient (Wildman–Crippen LogP) is 1.98. The van der Waals surface area contributed by atoms with Gasteiger partial charge in [-0.2, -0.15) is 0 Å². The van der Waals surface area contributed by atoms with E-state index >= 15 is 0 Å². The van der Waals surface area contributed by atoms with Gasteiger partial charge < -0.3 is 10.0 Å². The Kier molecular flexibility index (Phi) is 4.31. The molecule has 1 amide bonds. The van der Waals surface area contributed by atoms with E-state index in [-0.39, 0.29) is 5.56 Å². The van der Waals surface area contributed by atoms with E-state index in [1.54, 1.807) is 0 Å². The minimum Gasteiger partial charge on any atom is -0.480 e. The summed E-state index contributed by atoms with van der Waals surface area (Å²) in [6, 6.07) is 1.81. The van der Waals surface area contributed by atoms with Crippen LogP contribution in [0.5, 0.6) is 0 Å². The second-order valence-corrected chi connectivity index (χ2v) is 5.11. The Morgan fingerprint density at radius 1 is 1.38 bits per heavy atom. The van der Waals surface area contributed by atoms with Crippen molar-refractivity contribution in [3.05, 3.63) is 39.2 Å². The van der Waals surface area contributed by atoms with Gasteiger partial charge in [0, 0.05) is 19.2 Å². The number of aryl methyl sites for hydroxylation is 1. The van der Waals surface area contributed by atoms with Crippen molar-refractivity contribution in [2.75, 3.05) is 7.05 Å². The molecule has 1 aromatic carbocycles. The maximum absolute atomic E-state index is 14.0. The van der Waals surface area contributed by atoms with Crippen LogP contribution in [0.2, 0.25) is 0 Å². The van der Waals surface area contributed by atoms with Crippen LogP contribution in [0.15, 0.2) is 12.1 Å². The molecule has 0 fully saturated rings. The van der Waals surface area contributed by atoms with E-state index in [9.17, 15) is 24.1 Å². The summed E-state index contributed by atoms with van der Waals surface area (Å²) in [4.78, 5) is 34.2. The Labute approximate surface area is 120 Å². The normalized spacial score (nSPS) is 11.1.